The maximum atomic E-state index is 13.5. The first-order valence-electron chi connectivity index (χ1n) is 15.0. The summed E-state index contributed by atoms with van der Waals surface area (Å²) in [5.41, 5.74) is 8.80. The number of carboxylic acid groups (broad SMARTS) is 1. The number of β-lactam (4-membered cyclic amide) rings is 1. The number of benzene rings is 1. The van der Waals surface area contributed by atoms with E-state index in [9.17, 15) is 33.0 Å². The fourth-order valence-corrected chi connectivity index (χ4v) is 6.65. The van der Waals surface area contributed by atoms with Gasteiger partial charge in [-0.1, -0.05) is 5.16 Å². The lowest BCUT2D eigenvalue weighted by Gasteiger charge is -2.50. The summed E-state index contributed by atoms with van der Waals surface area (Å²) in [7, 11) is -5.03. The van der Waals surface area contributed by atoms with E-state index in [2.05, 4.69) is 30.0 Å². The molecule has 0 radical (unpaired) electrons. The number of fused-ring (bicyclic) bond motifs is 1. The SMILES string of the molecule is CC1(C)[C@H](NC(=O)/C(=N\O[C@](C)(C(=O)O)[C@H]2CCc3cc(C4=N[C@H](CCN)[C@@H](CO)N4)ccc3O2)c2csc(N)n2)C(=O)N1OS(=O)(=O)O. The molecule has 1 fully saturated rings. The number of anilines is 1. The third-order valence-electron chi connectivity index (χ3n) is 8.49. The zero-order valence-electron chi connectivity index (χ0n) is 26.5. The molecule has 49 heavy (non-hydrogen) atoms. The van der Waals surface area contributed by atoms with E-state index < -0.39 is 57.2 Å². The maximum absolute atomic E-state index is 13.5. The van der Waals surface area contributed by atoms with Crippen molar-refractivity contribution in [3.63, 3.8) is 0 Å². The molecule has 19 nitrogen and oxygen atoms in total. The summed E-state index contributed by atoms with van der Waals surface area (Å²) < 4.78 is 41.7. The van der Waals surface area contributed by atoms with Gasteiger partial charge in [-0.3, -0.25) is 19.1 Å². The Morgan fingerprint density at radius 3 is 2.67 bits per heavy atom. The first-order valence-corrected chi connectivity index (χ1v) is 17.2. The standard InChI is InChI=1S/C28H36N8O11S2/c1-27(2)21(24(39)36(27)47-49(42,43)44)34-23(38)20(17-12-48-26(30)33-17)35-46-28(3,25(40)41)19-7-5-13-10-14(4-6-18(13)45-19)22-31-15(8-9-29)16(11-37)32-22/h4,6,10,12,15-16,19,21,37H,5,7-9,11,29H2,1-3H3,(H2,30,33)(H,31,32)(H,34,38)(H,40,41)(H,42,43,44)/b35-20-/t15-,16-,19-,21-,28+/m1/s1. The number of hydroxylamine groups is 2. The molecule has 3 aliphatic heterocycles. The lowest BCUT2D eigenvalue weighted by atomic mass is 9.84. The Morgan fingerprint density at radius 1 is 1.35 bits per heavy atom. The van der Waals surface area contributed by atoms with Crippen LogP contribution in [0.3, 0.4) is 0 Å². The third kappa shape index (κ3) is 7.16. The second kappa shape index (κ2) is 13.5. The maximum Gasteiger partial charge on any atom is 0.418 e. The van der Waals surface area contributed by atoms with Gasteiger partial charge in [-0.2, -0.15) is 13.5 Å². The van der Waals surface area contributed by atoms with Crippen molar-refractivity contribution in [2.75, 3.05) is 18.9 Å². The number of aliphatic imine (C=N–C) groups is 1. The average Bonchev–Trinajstić information content (AvgIpc) is 3.67. The lowest BCUT2D eigenvalue weighted by molar-refractivity contribution is -0.218. The number of carbonyl (C=O) groups is 3. The Bertz CT molecular complexity index is 1810. The molecule has 1 aromatic carbocycles. The van der Waals surface area contributed by atoms with E-state index in [0.717, 1.165) is 22.5 Å². The van der Waals surface area contributed by atoms with Crippen LogP contribution in [0.25, 0.3) is 0 Å². The van der Waals surface area contributed by atoms with Crippen LogP contribution in [-0.4, -0.2) is 111 Å². The molecule has 0 spiro atoms. The smallest absolute Gasteiger partial charge is 0.418 e. The summed E-state index contributed by atoms with van der Waals surface area (Å²) in [6, 6.07) is 3.53. The number of nitrogens with zero attached hydrogens (tertiary/aromatic N) is 4. The quantitative estimate of drug-likeness (QED) is 0.0561. The molecular weight excluding hydrogens is 688 g/mol. The number of aliphatic carboxylic acids is 1. The summed E-state index contributed by atoms with van der Waals surface area (Å²) >= 11 is 0.959. The lowest BCUT2D eigenvalue weighted by Crippen LogP contribution is -2.76. The highest BCUT2D eigenvalue weighted by Crippen LogP contribution is 2.36. The predicted octanol–water partition coefficient (Wildman–Crippen LogP) is -1.05. The van der Waals surface area contributed by atoms with Crippen molar-refractivity contribution in [2.45, 2.75) is 75.4 Å². The number of aliphatic hydroxyl groups excluding tert-OH is 1. The van der Waals surface area contributed by atoms with Crippen molar-refractivity contribution in [3.8, 4) is 5.75 Å². The number of nitrogens with one attached hydrogen (secondary N) is 2. The van der Waals surface area contributed by atoms with Crippen LogP contribution in [0.15, 0.2) is 33.7 Å². The van der Waals surface area contributed by atoms with Crippen LogP contribution in [0.2, 0.25) is 0 Å². The second-order valence-corrected chi connectivity index (χ2v) is 14.1. The molecule has 0 bridgehead atoms. The van der Waals surface area contributed by atoms with E-state index >= 15 is 0 Å². The van der Waals surface area contributed by atoms with Gasteiger partial charge in [0.05, 0.1) is 24.2 Å². The number of amides is 2. The van der Waals surface area contributed by atoms with E-state index in [1.165, 1.54) is 26.2 Å². The van der Waals surface area contributed by atoms with Crippen LogP contribution in [0, 0.1) is 0 Å². The normalized spacial score (nSPS) is 24.4. The highest BCUT2D eigenvalue weighted by Gasteiger charge is 2.58. The summed E-state index contributed by atoms with van der Waals surface area (Å²) in [5.74, 6) is -2.46. The summed E-state index contributed by atoms with van der Waals surface area (Å²) in [6.07, 6.45) is 0.103. The Labute approximate surface area is 284 Å². The molecule has 5 atom stereocenters. The zero-order valence-corrected chi connectivity index (χ0v) is 28.2. The van der Waals surface area contributed by atoms with E-state index in [-0.39, 0.29) is 35.9 Å². The van der Waals surface area contributed by atoms with Crippen molar-refractivity contribution < 1.29 is 51.4 Å². The van der Waals surface area contributed by atoms with Gasteiger partial charge in [0.1, 0.15) is 23.3 Å². The number of carbonyl (C=O) groups excluding carboxylic acids is 2. The number of thiazole rings is 1. The molecular formula is C28H36N8O11S2. The number of nitrogen functional groups attached to an aromatic ring is 1. The minimum Gasteiger partial charge on any atom is -0.485 e. The topological polar surface area (TPSA) is 291 Å². The summed E-state index contributed by atoms with van der Waals surface area (Å²) in [4.78, 5) is 53.0. The van der Waals surface area contributed by atoms with Crippen LogP contribution in [0.5, 0.6) is 5.75 Å². The summed E-state index contributed by atoms with van der Waals surface area (Å²) in [6.45, 7) is 4.28. The third-order valence-corrected chi connectivity index (χ3v) is 9.50. The molecule has 5 rings (SSSR count). The van der Waals surface area contributed by atoms with Gasteiger partial charge in [-0.25, -0.2) is 9.78 Å². The van der Waals surface area contributed by atoms with Gasteiger partial charge in [-0.15, -0.1) is 15.6 Å². The van der Waals surface area contributed by atoms with Crippen LogP contribution in [-0.2, 0) is 40.3 Å². The Hall–Kier alpha value is -4.41. The first-order chi connectivity index (χ1) is 23.0. The van der Waals surface area contributed by atoms with Gasteiger partial charge >= 0.3 is 16.4 Å². The largest absolute Gasteiger partial charge is 0.485 e. The number of aryl methyl sites for hydroxylation is 1. The minimum atomic E-state index is -5.03. The van der Waals surface area contributed by atoms with Crippen LogP contribution in [0.1, 0.15) is 50.4 Å². The number of hydrogen-bond donors (Lipinski definition) is 7. The fraction of sp³-hybridized carbons (Fsp3) is 0.500. The molecule has 0 aliphatic carbocycles. The Balaban J connectivity index is 1.35. The zero-order chi connectivity index (χ0) is 35.9. The Morgan fingerprint density at radius 2 is 2.08 bits per heavy atom. The molecule has 266 valence electrons. The van der Waals surface area contributed by atoms with Crippen molar-refractivity contribution in [3.05, 3.63) is 40.4 Å². The number of hydrogen-bond acceptors (Lipinski definition) is 16. The van der Waals surface area contributed by atoms with E-state index in [0.29, 0.717) is 36.0 Å². The highest BCUT2D eigenvalue weighted by atomic mass is 32.3. The Kier molecular flexibility index (Phi) is 9.87. The molecule has 0 saturated carbocycles. The molecule has 1 aromatic heterocycles. The highest BCUT2D eigenvalue weighted by molar-refractivity contribution is 7.80. The van der Waals surface area contributed by atoms with Gasteiger partial charge in [0.2, 0.25) is 0 Å². The number of aromatic nitrogens is 1. The first kappa shape index (κ1) is 35.9. The van der Waals surface area contributed by atoms with Crippen LogP contribution in [0.4, 0.5) is 5.13 Å². The molecule has 21 heteroatoms. The molecule has 3 aliphatic rings. The van der Waals surface area contributed by atoms with E-state index in [1.807, 2.05) is 6.07 Å². The summed E-state index contributed by atoms with van der Waals surface area (Å²) in [5, 5.41) is 31.3. The predicted molar refractivity (Wildman–Crippen MR) is 173 cm³/mol. The number of carboxylic acids is 1. The van der Waals surface area contributed by atoms with Gasteiger partial charge in [0.25, 0.3) is 17.4 Å². The van der Waals surface area contributed by atoms with Gasteiger partial charge < -0.3 is 41.9 Å². The van der Waals surface area contributed by atoms with Gasteiger partial charge in [0.15, 0.2) is 16.9 Å². The number of oxime groups is 1. The average molecular weight is 725 g/mol. The van der Waals surface area contributed by atoms with E-state index in [4.69, 9.17) is 25.6 Å². The number of amidine groups is 1. The number of nitrogens with two attached hydrogens (primary N) is 2. The molecule has 2 amide bonds. The molecule has 2 aromatic rings. The van der Waals surface area contributed by atoms with Crippen molar-refractivity contribution >= 4 is 56.2 Å². The van der Waals surface area contributed by atoms with Crippen LogP contribution >= 0.6 is 11.3 Å². The van der Waals surface area contributed by atoms with Gasteiger partial charge in [0, 0.05) is 10.9 Å². The molecule has 1 saturated heterocycles. The van der Waals surface area contributed by atoms with Crippen molar-refractivity contribution in [2.24, 2.45) is 15.9 Å². The molecule has 9 N–H and O–H groups in total. The number of aliphatic hydroxyl groups is 1. The minimum absolute atomic E-state index is 0.0522. The van der Waals surface area contributed by atoms with E-state index in [1.54, 1.807) is 12.1 Å². The second-order valence-electron chi connectivity index (χ2n) is 12.2. The van der Waals surface area contributed by atoms with Crippen molar-refractivity contribution in [1.29, 1.82) is 0 Å². The molecule has 0 unspecified atom stereocenters. The van der Waals surface area contributed by atoms with Gasteiger partial charge in [-0.05, 0) is 70.3 Å². The number of ether oxygens (including phenoxy) is 1. The van der Waals surface area contributed by atoms with Crippen molar-refractivity contribution in [1.82, 2.24) is 20.7 Å². The fourth-order valence-electron chi connectivity index (χ4n) is 5.65. The number of rotatable bonds is 13. The molecule has 4 heterocycles. The van der Waals surface area contributed by atoms with Crippen LogP contribution < -0.4 is 26.8 Å². The monoisotopic (exact) mass is 724 g/mol.